The van der Waals surface area contributed by atoms with Crippen LogP contribution in [0.2, 0.25) is 0 Å². The molecule has 0 aliphatic rings. The lowest BCUT2D eigenvalue weighted by molar-refractivity contribution is 0.681. The van der Waals surface area contributed by atoms with E-state index in [0.717, 1.165) is 0 Å². The Bertz CT molecular complexity index is 323. The standard InChI is InChI=1S/C7H16N4OS/c1-6(2)11-5-4-7(8)13(9,12)10-3/h4-6H,8H2,1-3H3,(H2,9,10,12). The molecule has 1 atom stereocenters. The minimum Gasteiger partial charge on any atom is -0.390 e. The third-order valence-corrected chi connectivity index (χ3v) is 2.59. The average molecular weight is 204 g/mol. The summed E-state index contributed by atoms with van der Waals surface area (Å²) in [6, 6.07) is 0.177. The van der Waals surface area contributed by atoms with Crippen molar-refractivity contribution in [3.63, 3.8) is 0 Å². The number of rotatable bonds is 3. The predicted octanol–water partition coefficient (Wildman–Crippen LogP) is 0.237. The third-order valence-electron chi connectivity index (χ3n) is 1.23. The van der Waals surface area contributed by atoms with Gasteiger partial charge < -0.3 is 5.73 Å². The summed E-state index contributed by atoms with van der Waals surface area (Å²) in [5, 5.41) is 5.32. The van der Waals surface area contributed by atoms with Gasteiger partial charge in [0.15, 0.2) is 0 Å². The molecule has 0 heterocycles. The van der Waals surface area contributed by atoms with E-state index in [-0.39, 0.29) is 11.1 Å². The van der Waals surface area contributed by atoms with Crippen LogP contribution in [0.4, 0.5) is 0 Å². The van der Waals surface area contributed by atoms with Gasteiger partial charge in [0.25, 0.3) is 0 Å². The Kier molecular flexibility index (Phi) is 4.64. The maximum Gasteiger partial charge on any atom is 0.149 e. The molecule has 76 valence electrons. The van der Waals surface area contributed by atoms with E-state index in [0.29, 0.717) is 0 Å². The molecule has 0 fully saturated rings. The quantitative estimate of drug-likeness (QED) is 0.644. The summed E-state index contributed by atoms with van der Waals surface area (Å²) in [7, 11) is -1.51. The van der Waals surface area contributed by atoms with Gasteiger partial charge in [-0.1, -0.05) is 0 Å². The molecule has 0 saturated heterocycles. The summed E-state index contributed by atoms with van der Waals surface area (Å²) in [6.45, 7) is 3.84. The van der Waals surface area contributed by atoms with Gasteiger partial charge in [0.05, 0.1) is 0 Å². The molecular weight excluding hydrogens is 188 g/mol. The molecule has 0 spiro atoms. The lowest BCUT2D eigenvalue weighted by Gasteiger charge is -2.00. The van der Waals surface area contributed by atoms with Crippen molar-refractivity contribution in [1.29, 1.82) is 0 Å². The van der Waals surface area contributed by atoms with Gasteiger partial charge in [0.2, 0.25) is 0 Å². The van der Waals surface area contributed by atoms with Crippen molar-refractivity contribution in [2.75, 3.05) is 7.05 Å². The number of nitrogens with zero attached hydrogens (tertiary/aromatic N) is 2. The molecule has 0 radical (unpaired) electrons. The zero-order valence-electron chi connectivity index (χ0n) is 8.10. The lowest BCUT2D eigenvalue weighted by Crippen LogP contribution is -2.20. The summed E-state index contributed by atoms with van der Waals surface area (Å²) in [6.07, 6.45) is 2.90. The number of hydrogen-bond donors (Lipinski definition) is 2. The molecule has 4 N–H and O–H groups in total. The van der Waals surface area contributed by atoms with Crippen LogP contribution in [0.1, 0.15) is 13.8 Å². The van der Waals surface area contributed by atoms with Crippen molar-refractivity contribution in [2.24, 2.45) is 20.2 Å². The second-order valence-corrected chi connectivity index (χ2v) is 4.69. The summed E-state index contributed by atoms with van der Waals surface area (Å²) in [4.78, 5) is 4.01. The minimum absolute atomic E-state index is 0.0411. The molecule has 13 heavy (non-hydrogen) atoms. The first kappa shape index (κ1) is 12.1. The summed E-state index contributed by atoms with van der Waals surface area (Å²) in [5.41, 5.74) is 5.42. The highest BCUT2D eigenvalue weighted by Crippen LogP contribution is 1.94. The highest BCUT2D eigenvalue weighted by Gasteiger charge is 2.01. The molecule has 0 aliphatic carbocycles. The van der Waals surface area contributed by atoms with Crippen LogP contribution < -0.4 is 10.9 Å². The minimum atomic E-state index is -2.87. The first-order valence-corrected chi connectivity index (χ1v) is 5.40. The van der Waals surface area contributed by atoms with Crippen molar-refractivity contribution < 1.29 is 4.21 Å². The zero-order chi connectivity index (χ0) is 10.5. The van der Waals surface area contributed by atoms with Gasteiger partial charge in [-0.2, -0.15) is 0 Å². The molecular formula is C7H16N4OS. The van der Waals surface area contributed by atoms with Crippen LogP contribution in [0.5, 0.6) is 0 Å². The highest BCUT2D eigenvalue weighted by atomic mass is 32.2. The summed E-state index contributed by atoms with van der Waals surface area (Å²) >= 11 is 0. The zero-order valence-corrected chi connectivity index (χ0v) is 8.91. The lowest BCUT2D eigenvalue weighted by atomic mass is 10.4. The third kappa shape index (κ3) is 4.64. The second-order valence-electron chi connectivity index (χ2n) is 2.71. The van der Waals surface area contributed by atoms with Crippen LogP contribution in [0.15, 0.2) is 20.5 Å². The fraction of sp³-hybridized carbons (Fsp3) is 0.571. The summed E-state index contributed by atoms with van der Waals surface area (Å²) < 4.78 is 14.8. The van der Waals surface area contributed by atoms with Crippen molar-refractivity contribution >= 4 is 16.1 Å². The number of hydrogen-bond acceptors (Lipinski definition) is 4. The molecule has 0 amide bonds. The van der Waals surface area contributed by atoms with Gasteiger partial charge in [-0.05, 0) is 19.9 Å². The Hall–Kier alpha value is -0.880. The largest absolute Gasteiger partial charge is 0.390 e. The molecule has 0 aromatic rings. The highest BCUT2D eigenvalue weighted by molar-refractivity contribution is 7.95. The van der Waals surface area contributed by atoms with E-state index in [9.17, 15) is 4.21 Å². The molecule has 1 unspecified atom stereocenters. The Morgan fingerprint density at radius 1 is 1.54 bits per heavy atom. The van der Waals surface area contributed by atoms with Gasteiger partial charge in [-0.3, -0.25) is 4.99 Å². The van der Waals surface area contributed by atoms with Gasteiger partial charge in [0, 0.05) is 19.3 Å². The fourth-order valence-corrected chi connectivity index (χ4v) is 0.958. The van der Waals surface area contributed by atoms with E-state index in [4.69, 9.17) is 10.9 Å². The van der Waals surface area contributed by atoms with Crippen LogP contribution in [0.3, 0.4) is 0 Å². The first-order chi connectivity index (χ1) is 5.90. The molecule has 0 aliphatic heterocycles. The Balaban J connectivity index is 4.63. The van der Waals surface area contributed by atoms with E-state index in [1.807, 2.05) is 13.8 Å². The van der Waals surface area contributed by atoms with Crippen LogP contribution in [0.25, 0.3) is 0 Å². The fourth-order valence-electron chi connectivity index (χ4n) is 0.492. The molecule has 0 aromatic carbocycles. The maximum atomic E-state index is 11.3. The molecule has 5 nitrogen and oxygen atoms in total. The molecule has 6 heteroatoms. The van der Waals surface area contributed by atoms with Crippen LogP contribution in [-0.4, -0.2) is 23.5 Å². The second kappa shape index (κ2) is 4.98. The van der Waals surface area contributed by atoms with Gasteiger partial charge in [-0.25, -0.2) is 13.7 Å². The van der Waals surface area contributed by atoms with E-state index < -0.39 is 9.92 Å². The number of aliphatic imine (C=N–C) groups is 1. The summed E-state index contributed by atoms with van der Waals surface area (Å²) in [5.74, 6) is 0. The monoisotopic (exact) mass is 204 g/mol. The molecule has 0 saturated carbocycles. The normalized spacial score (nSPS) is 17.8. The van der Waals surface area contributed by atoms with E-state index in [2.05, 4.69) is 9.36 Å². The van der Waals surface area contributed by atoms with Crippen LogP contribution in [0, 0.1) is 0 Å². The van der Waals surface area contributed by atoms with Crippen molar-refractivity contribution in [3.8, 4) is 0 Å². The predicted molar refractivity (Wildman–Crippen MR) is 56.6 cm³/mol. The topological polar surface area (TPSA) is 93.8 Å². The van der Waals surface area contributed by atoms with E-state index in [1.165, 1.54) is 19.3 Å². The number of nitrogens with two attached hydrogens (primary N) is 2. The number of allylic oxidation sites excluding steroid dienone is 1. The van der Waals surface area contributed by atoms with Gasteiger partial charge >= 0.3 is 0 Å². The first-order valence-electron chi connectivity index (χ1n) is 3.82. The molecule has 0 aromatic heterocycles. The van der Waals surface area contributed by atoms with E-state index >= 15 is 0 Å². The van der Waals surface area contributed by atoms with Gasteiger partial charge in [0.1, 0.15) is 14.9 Å². The van der Waals surface area contributed by atoms with Crippen molar-refractivity contribution in [1.82, 2.24) is 0 Å². The SMILES string of the molecule is CN=S(N)(=O)C(N)=CC=NC(C)C. The average Bonchev–Trinajstić information content (AvgIpc) is 2.03. The maximum absolute atomic E-state index is 11.3. The van der Waals surface area contributed by atoms with Crippen LogP contribution >= 0.6 is 0 Å². The Morgan fingerprint density at radius 3 is 2.46 bits per heavy atom. The van der Waals surface area contributed by atoms with Crippen LogP contribution in [-0.2, 0) is 9.92 Å². The molecule has 0 rings (SSSR count). The molecule has 0 bridgehead atoms. The van der Waals surface area contributed by atoms with Crippen molar-refractivity contribution in [2.45, 2.75) is 19.9 Å². The Labute approximate surface area is 79.2 Å². The Morgan fingerprint density at radius 2 is 2.08 bits per heavy atom. The van der Waals surface area contributed by atoms with Crippen molar-refractivity contribution in [3.05, 3.63) is 11.1 Å². The smallest absolute Gasteiger partial charge is 0.149 e. The van der Waals surface area contributed by atoms with E-state index in [1.54, 1.807) is 0 Å². The van der Waals surface area contributed by atoms with Gasteiger partial charge in [-0.15, -0.1) is 0 Å².